The summed E-state index contributed by atoms with van der Waals surface area (Å²) in [6, 6.07) is 4.56. The summed E-state index contributed by atoms with van der Waals surface area (Å²) in [5.74, 6) is -1.31. The number of aryl methyl sites for hydroxylation is 1. The minimum Gasteiger partial charge on any atom is -0.323 e. The first-order valence-corrected chi connectivity index (χ1v) is 7.75. The number of carbonyl (C=O) groups is 2. The van der Waals surface area contributed by atoms with Crippen molar-refractivity contribution in [2.24, 2.45) is 13.0 Å². The Morgan fingerprint density at radius 3 is 3.04 bits per heavy atom. The molecule has 0 radical (unpaired) electrons. The van der Waals surface area contributed by atoms with Crippen LogP contribution in [0.15, 0.2) is 30.6 Å². The van der Waals surface area contributed by atoms with Crippen LogP contribution in [0, 0.1) is 11.7 Å². The summed E-state index contributed by atoms with van der Waals surface area (Å²) in [6.45, 7) is 0.152. The number of rotatable bonds is 3. The van der Waals surface area contributed by atoms with Crippen LogP contribution >= 0.6 is 0 Å². The SMILES string of the molecule is Cn1cc(NC(=O)[C@H]2CC(=O)N(c3n[nH]c4cccc(F)c34)C2)cn1. The molecule has 0 unspecified atom stereocenters. The molecule has 2 N–H and O–H groups in total. The number of nitrogens with one attached hydrogen (secondary N) is 2. The van der Waals surface area contributed by atoms with Crippen LogP contribution in [0.4, 0.5) is 15.9 Å². The number of H-pyrrole nitrogens is 1. The second-order valence-corrected chi connectivity index (χ2v) is 6.01. The fraction of sp³-hybridized carbons (Fsp3) is 0.250. The predicted molar refractivity (Wildman–Crippen MR) is 88.3 cm³/mol. The Hall–Kier alpha value is -3.23. The molecule has 0 bridgehead atoms. The van der Waals surface area contributed by atoms with E-state index in [0.717, 1.165) is 0 Å². The summed E-state index contributed by atoms with van der Waals surface area (Å²) in [5.41, 5.74) is 1.07. The van der Waals surface area contributed by atoms with Crippen LogP contribution in [0.3, 0.4) is 0 Å². The highest BCUT2D eigenvalue weighted by Gasteiger charge is 2.37. The monoisotopic (exact) mass is 342 g/mol. The number of carbonyl (C=O) groups excluding carboxylic acids is 2. The molecule has 8 nitrogen and oxygen atoms in total. The van der Waals surface area contributed by atoms with E-state index in [1.54, 1.807) is 30.1 Å². The average molecular weight is 342 g/mol. The lowest BCUT2D eigenvalue weighted by atomic mass is 10.1. The Bertz CT molecular complexity index is 978. The number of amides is 2. The van der Waals surface area contributed by atoms with Crippen molar-refractivity contribution in [2.45, 2.75) is 6.42 Å². The van der Waals surface area contributed by atoms with E-state index in [1.807, 2.05) is 0 Å². The van der Waals surface area contributed by atoms with Crippen LogP contribution < -0.4 is 10.2 Å². The van der Waals surface area contributed by atoms with Crippen molar-refractivity contribution in [3.8, 4) is 0 Å². The van der Waals surface area contributed by atoms with Gasteiger partial charge in [-0.2, -0.15) is 10.2 Å². The molecule has 0 spiro atoms. The van der Waals surface area contributed by atoms with Crippen LogP contribution in [-0.2, 0) is 16.6 Å². The van der Waals surface area contributed by atoms with Crippen LogP contribution in [0.2, 0.25) is 0 Å². The molecule has 9 heteroatoms. The van der Waals surface area contributed by atoms with Gasteiger partial charge in [0.1, 0.15) is 5.82 Å². The van der Waals surface area contributed by atoms with Crippen LogP contribution in [0.5, 0.6) is 0 Å². The maximum Gasteiger partial charge on any atom is 0.229 e. The molecule has 2 aromatic heterocycles. The van der Waals surface area contributed by atoms with Crippen LogP contribution in [0.1, 0.15) is 6.42 Å². The fourth-order valence-electron chi connectivity index (χ4n) is 3.03. The highest BCUT2D eigenvalue weighted by molar-refractivity contribution is 6.07. The highest BCUT2D eigenvalue weighted by Crippen LogP contribution is 2.31. The Kier molecular flexibility index (Phi) is 3.48. The smallest absolute Gasteiger partial charge is 0.229 e. The molecule has 0 aliphatic carbocycles. The number of hydrogen-bond donors (Lipinski definition) is 2. The lowest BCUT2D eigenvalue weighted by Gasteiger charge is -2.14. The summed E-state index contributed by atoms with van der Waals surface area (Å²) in [4.78, 5) is 26.1. The number of halogens is 1. The molecule has 128 valence electrons. The molecule has 1 fully saturated rings. The number of hydrogen-bond acceptors (Lipinski definition) is 4. The summed E-state index contributed by atoms with van der Waals surface area (Å²) in [7, 11) is 1.74. The molecular formula is C16H15FN6O2. The Morgan fingerprint density at radius 1 is 1.44 bits per heavy atom. The van der Waals surface area contributed by atoms with Crippen molar-refractivity contribution in [3.63, 3.8) is 0 Å². The molecule has 1 aliphatic rings. The van der Waals surface area contributed by atoms with Crippen molar-refractivity contribution in [1.29, 1.82) is 0 Å². The first-order chi connectivity index (χ1) is 12.0. The zero-order valence-electron chi connectivity index (χ0n) is 13.4. The van der Waals surface area contributed by atoms with Gasteiger partial charge in [0.2, 0.25) is 11.8 Å². The number of nitrogens with zero attached hydrogens (tertiary/aromatic N) is 4. The van der Waals surface area contributed by atoms with Crippen molar-refractivity contribution >= 4 is 34.2 Å². The van der Waals surface area contributed by atoms with E-state index in [4.69, 9.17) is 0 Å². The molecule has 1 atom stereocenters. The number of fused-ring (bicyclic) bond motifs is 1. The minimum atomic E-state index is -0.536. The molecule has 25 heavy (non-hydrogen) atoms. The van der Waals surface area contributed by atoms with E-state index < -0.39 is 11.7 Å². The molecule has 1 saturated heterocycles. The molecule has 3 heterocycles. The largest absolute Gasteiger partial charge is 0.323 e. The van der Waals surface area contributed by atoms with Crippen molar-refractivity contribution in [3.05, 3.63) is 36.4 Å². The lowest BCUT2D eigenvalue weighted by molar-refractivity contribution is -0.122. The van der Waals surface area contributed by atoms with E-state index >= 15 is 0 Å². The van der Waals surface area contributed by atoms with Gasteiger partial charge in [-0.3, -0.25) is 24.3 Å². The zero-order chi connectivity index (χ0) is 17.6. The number of aromatic nitrogens is 4. The third-order valence-corrected chi connectivity index (χ3v) is 4.24. The molecule has 1 aliphatic heterocycles. The Balaban J connectivity index is 1.56. The van der Waals surface area contributed by atoms with Gasteiger partial charge in [-0.1, -0.05) is 6.07 Å². The zero-order valence-corrected chi connectivity index (χ0v) is 13.4. The minimum absolute atomic E-state index is 0.0505. The lowest BCUT2D eigenvalue weighted by Crippen LogP contribution is -2.28. The second kappa shape index (κ2) is 5.69. The number of aromatic amines is 1. The van der Waals surface area contributed by atoms with Gasteiger partial charge in [-0.05, 0) is 12.1 Å². The molecule has 3 aromatic rings. The average Bonchev–Trinajstić information content (AvgIpc) is 3.26. The van der Waals surface area contributed by atoms with E-state index in [2.05, 4.69) is 20.6 Å². The first kappa shape index (κ1) is 15.3. The van der Waals surface area contributed by atoms with Gasteiger partial charge in [-0.15, -0.1) is 0 Å². The quantitative estimate of drug-likeness (QED) is 0.752. The van der Waals surface area contributed by atoms with Gasteiger partial charge in [-0.25, -0.2) is 4.39 Å². The summed E-state index contributed by atoms with van der Waals surface area (Å²) < 4.78 is 15.7. The van der Waals surface area contributed by atoms with E-state index in [0.29, 0.717) is 11.2 Å². The van der Waals surface area contributed by atoms with E-state index in [1.165, 1.54) is 17.2 Å². The maximum atomic E-state index is 14.1. The Morgan fingerprint density at radius 2 is 2.28 bits per heavy atom. The molecular weight excluding hydrogens is 327 g/mol. The summed E-state index contributed by atoms with van der Waals surface area (Å²) in [5, 5.41) is 13.8. The predicted octanol–water partition coefficient (Wildman–Crippen LogP) is 1.43. The molecule has 2 amide bonds. The van der Waals surface area contributed by atoms with Gasteiger partial charge in [0.25, 0.3) is 0 Å². The van der Waals surface area contributed by atoms with Crippen LogP contribution in [0.25, 0.3) is 10.9 Å². The van der Waals surface area contributed by atoms with E-state index in [-0.39, 0.29) is 36.0 Å². The van der Waals surface area contributed by atoms with Gasteiger partial charge in [0, 0.05) is 26.2 Å². The fourth-order valence-corrected chi connectivity index (χ4v) is 3.03. The van der Waals surface area contributed by atoms with Gasteiger partial charge in [0.05, 0.1) is 28.7 Å². The van der Waals surface area contributed by atoms with Crippen molar-refractivity contribution in [1.82, 2.24) is 20.0 Å². The Labute approximate surface area is 141 Å². The molecule has 1 aromatic carbocycles. The molecule has 0 saturated carbocycles. The van der Waals surface area contributed by atoms with Gasteiger partial charge >= 0.3 is 0 Å². The van der Waals surface area contributed by atoms with Gasteiger partial charge in [0.15, 0.2) is 5.82 Å². The third-order valence-electron chi connectivity index (χ3n) is 4.24. The first-order valence-electron chi connectivity index (χ1n) is 7.75. The highest BCUT2D eigenvalue weighted by atomic mass is 19.1. The second-order valence-electron chi connectivity index (χ2n) is 6.01. The third kappa shape index (κ3) is 2.63. The maximum absolute atomic E-state index is 14.1. The summed E-state index contributed by atoms with van der Waals surface area (Å²) >= 11 is 0. The van der Waals surface area contributed by atoms with Crippen LogP contribution in [-0.4, -0.2) is 38.3 Å². The number of anilines is 2. The van der Waals surface area contributed by atoms with Crippen molar-refractivity contribution in [2.75, 3.05) is 16.8 Å². The topological polar surface area (TPSA) is 95.9 Å². The standard InChI is InChI=1S/C16H15FN6O2/c1-22-8-10(6-18-22)19-16(25)9-5-13(24)23(7-9)15-14-11(17)3-2-4-12(14)20-21-15/h2-4,6,8-9H,5,7H2,1H3,(H,19,25)(H,20,21)/t9-/m0/s1. The summed E-state index contributed by atoms with van der Waals surface area (Å²) in [6.07, 6.45) is 3.25. The normalized spacial score (nSPS) is 17.4. The van der Waals surface area contributed by atoms with E-state index in [9.17, 15) is 14.0 Å². The molecule has 4 rings (SSSR count). The van der Waals surface area contributed by atoms with Crippen molar-refractivity contribution < 1.29 is 14.0 Å². The van der Waals surface area contributed by atoms with Gasteiger partial charge < -0.3 is 5.32 Å². The number of benzene rings is 1.